The monoisotopic (exact) mass is 324 g/mol. The van der Waals surface area contributed by atoms with E-state index in [-0.39, 0.29) is 12.0 Å². The lowest BCUT2D eigenvalue weighted by Gasteiger charge is -2.06. The van der Waals surface area contributed by atoms with Crippen LogP contribution in [0.15, 0.2) is 42.5 Å². The van der Waals surface area contributed by atoms with Crippen molar-refractivity contribution in [2.45, 2.75) is 6.42 Å². The molecule has 7 heteroatoms. The number of benzene rings is 2. The first-order valence-electron chi connectivity index (χ1n) is 7.20. The molecule has 7 nitrogen and oxygen atoms in total. The Labute approximate surface area is 137 Å². The molecule has 122 valence electrons. The molecule has 3 aromatic rings. The first-order valence-corrected chi connectivity index (χ1v) is 7.20. The molecule has 0 radical (unpaired) electrons. The Bertz CT molecular complexity index is 929. The van der Waals surface area contributed by atoms with Crippen molar-refractivity contribution < 1.29 is 14.3 Å². The minimum absolute atomic E-state index is 0.0961. The molecular formula is C17H16N4O3. The van der Waals surface area contributed by atoms with E-state index in [0.29, 0.717) is 33.8 Å². The van der Waals surface area contributed by atoms with E-state index in [9.17, 15) is 9.59 Å². The van der Waals surface area contributed by atoms with Crippen LogP contribution in [-0.4, -0.2) is 16.8 Å². The van der Waals surface area contributed by atoms with Crippen LogP contribution >= 0.6 is 0 Å². The number of nitrogens with one attached hydrogen (secondary N) is 1. The van der Waals surface area contributed by atoms with Crippen LogP contribution in [0.25, 0.3) is 10.9 Å². The molecule has 0 aliphatic heterocycles. The molecule has 0 aliphatic carbocycles. The Morgan fingerprint density at radius 3 is 2.29 bits per heavy atom. The first-order chi connectivity index (χ1) is 11.4. The third kappa shape index (κ3) is 3.00. The number of rotatable bonds is 5. The molecule has 1 aromatic heterocycles. The largest absolute Gasteiger partial charge is 0.457 e. The van der Waals surface area contributed by atoms with Gasteiger partial charge in [0.2, 0.25) is 5.91 Å². The summed E-state index contributed by atoms with van der Waals surface area (Å²) in [5, 5.41) is 0.614. The van der Waals surface area contributed by atoms with Gasteiger partial charge in [0.15, 0.2) is 0 Å². The van der Waals surface area contributed by atoms with E-state index in [1.54, 1.807) is 42.5 Å². The fourth-order valence-electron chi connectivity index (χ4n) is 2.56. The zero-order valence-electron chi connectivity index (χ0n) is 12.7. The predicted octanol–water partition coefficient (Wildman–Crippen LogP) is 1.67. The van der Waals surface area contributed by atoms with E-state index in [2.05, 4.69) is 4.98 Å². The van der Waals surface area contributed by atoms with Gasteiger partial charge in [-0.25, -0.2) is 0 Å². The van der Waals surface area contributed by atoms with Crippen molar-refractivity contribution in [3.63, 3.8) is 0 Å². The van der Waals surface area contributed by atoms with Crippen molar-refractivity contribution in [1.29, 1.82) is 0 Å². The van der Waals surface area contributed by atoms with Crippen LogP contribution in [0.2, 0.25) is 0 Å². The lowest BCUT2D eigenvalue weighted by molar-refractivity contribution is -0.117. The summed E-state index contributed by atoms with van der Waals surface area (Å²) in [6.45, 7) is 0. The van der Waals surface area contributed by atoms with E-state index in [4.69, 9.17) is 21.9 Å². The Hall–Kier alpha value is -3.48. The maximum atomic E-state index is 11.7. The number of carbonyl (C=O) groups is 2. The third-order valence-corrected chi connectivity index (χ3v) is 3.56. The van der Waals surface area contributed by atoms with Gasteiger partial charge < -0.3 is 26.9 Å². The number of nitrogens with two attached hydrogens (primary N) is 3. The summed E-state index contributed by atoms with van der Waals surface area (Å²) in [4.78, 5) is 25.9. The van der Waals surface area contributed by atoms with Crippen LogP contribution in [-0.2, 0) is 11.2 Å². The van der Waals surface area contributed by atoms with E-state index >= 15 is 0 Å². The van der Waals surface area contributed by atoms with Crippen molar-refractivity contribution >= 4 is 28.4 Å². The molecular weight excluding hydrogens is 308 g/mol. The van der Waals surface area contributed by atoms with Gasteiger partial charge in [0, 0.05) is 22.8 Å². The van der Waals surface area contributed by atoms with Crippen LogP contribution in [0.5, 0.6) is 11.5 Å². The number of amides is 2. The van der Waals surface area contributed by atoms with Crippen molar-refractivity contribution in [2.75, 3.05) is 5.73 Å². The molecule has 0 saturated carbocycles. The second kappa shape index (κ2) is 5.96. The molecule has 0 spiro atoms. The van der Waals surface area contributed by atoms with Gasteiger partial charge >= 0.3 is 0 Å². The molecule has 1 heterocycles. The number of anilines is 1. The number of hydrogen-bond acceptors (Lipinski definition) is 4. The number of carbonyl (C=O) groups excluding carboxylic acids is 2. The molecule has 0 fully saturated rings. The minimum Gasteiger partial charge on any atom is -0.457 e. The summed E-state index contributed by atoms with van der Waals surface area (Å²) >= 11 is 0. The van der Waals surface area contributed by atoms with E-state index in [1.807, 2.05) is 0 Å². The highest BCUT2D eigenvalue weighted by atomic mass is 16.5. The molecule has 0 saturated heterocycles. The average molecular weight is 324 g/mol. The van der Waals surface area contributed by atoms with E-state index < -0.39 is 11.8 Å². The fraction of sp³-hybridized carbons (Fsp3) is 0.0588. The van der Waals surface area contributed by atoms with Crippen LogP contribution in [0.4, 0.5) is 5.69 Å². The second-order valence-corrected chi connectivity index (χ2v) is 5.36. The van der Waals surface area contributed by atoms with Crippen LogP contribution < -0.4 is 21.9 Å². The maximum Gasteiger partial charge on any atom is 0.251 e. The van der Waals surface area contributed by atoms with E-state index in [1.165, 1.54) is 0 Å². The first kappa shape index (κ1) is 15.4. The molecule has 0 unspecified atom stereocenters. The SMILES string of the molecule is NC(=O)Cc1[nH]c2cc(Oc3ccc(N)cc3)ccc2c1C(N)=O. The average Bonchev–Trinajstić information content (AvgIpc) is 2.86. The lowest BCUT2D eigenvalue weighted by atomic mass is 10.1. The maximum absolute atomic E-state index is 11.7. The zero-order chi connectivity index (χ0) is 17.3. The number of H-pyrrole nitrogens is 1. The number of primary amides is 2. The van der Waals surface area contributed by atoms with Crippen LogP contribution in [0.1, 0.15) is 16.1 Å². The Morgan fingerprint density at radius 1 is 1.00 bits per heavy atom. The quantitative estimate of drug-likeness (QED) is 0.530. The molecule has 24 heavy (non-hydrogen) atoms. The zero-order valence-corrected chi connectivity index (χ0v) is 12.7. The lowest BCUT2D eigenvalue weighted by Crippen LogP contribution is -2.18. The predicted molar refractivity (Wildman–Crippen MR) is 90.6 cm³/mol. The minimum atomic E-state index is -0.621. The topological polar surface area (TPSA) is 137 Å². The van der Waals surface area contributed by atoms with Gasteiger partial charge in [-0.15, -0.1) is 0 Å². The molecule has 2 aromatic carbocycles. The summed E-state index contributed by atoms with van der Waals surface area (Å²) in [6.07, 6.45) is -0.0961. The van der Waals surface area contributed by atoms with Gasteiger partial charge in [-0.1, -0.05) is 0 Å². The normalized spacial score (nSPS) is 10.7. The van der Waals surface area contributed by atoms with Crippen molar-refractivity contribution in [1.82, 2.24) is 4.98 Å². The van der Waals surface area contributed by atoms with Crippen LogP contribution in [0, 0.1) is 0 Å². The fourth-order valence-corrected chi connectivity index (χ4v) is 2.56. The Kier molecular flexibility index (Phi) is 3.83. The van der Waals surface area contributed by atoms with Gasteiger partial charge in [0.1, 0.15) is 11.5 Å². The number of nitrogen functional groups attached to an aromatic ring is 1. The third-order valence-electron chi connectivity index (χ3n) is 3.56. The van der Waals surface area contributed by atoms with Gasteiger partial charge in [-0.2, -0.15) is 0 Å². The second-order valence-electron chi connectivity index (χ2n) is 5.36. The number of fused-ring (bicyclic) bond motifs is 1. The van der Waals surface area contributed by atoms with Gasteiger partial charge in [-0.05, 0) is 36.4 Å². The van der Waals surface area contributed by atoms with Crippen LogP contribution in [0.3, 0.4) is 0 Å². The summed E-state index contributed by atoms with van der Waals surface area (Å²) in [5.74, 6) is 0.0184. The smallest absolute Gasteiger partial charge is 0.251 e. The molecule has 2 amide bonds. The van der Waals surface area contributed by atoms with E-state index in [0.717, 1.165) is 0 Å². The summed E-state index contributed by atoms with van der Waals surface area (Å²) in [7, 11) is 0. The number of ether oxygens (including phenoxy) is 1. The van der Waals surface area contributed by atoms with Gasteiger partial charge in [0.25, 0.3) is 5.91 Å². The summed E-state index contributed by atoms with van der Waals surface area (Å²) in [6, 6.07) is 12.1. The van der Waals surface area contributed by atoms with Crippen molar-refractivity contribution in [2.24, 2.45) is 11.5 Å². The number of hydrogen-bond donors (Lipinski definition) is 4. The number of aromatic amines is 1. The highest BCUT2D eigenvalue weighted by Crippen LogP contribution is 2.29. The Morgan fingerprint density at radius 2 is 1.67 bits per heavy atom. The standard InChI is InChI=1S/C17H16N4O3/c18-9-1-3-10(4-2-9)24-11-5-6-12-13(7-11)21-14(8-15(19)22)16(12)17(20)23/h1-7,21H,8,18H2,(H2,19,22)(H2,20,23). The van der Waals surface area contributed by atoms with Crippen molar-refractivity contribution in [3.05, 3.63) is 53.7 Å². The van der Waals surface area contributed by atoms with Gasteiger partial charge in [0.05, 0.1) is 17.5 Å². The molecule has 0 aliphatic rings. The molecule has 0 bridgehead atoms. The number of aromatic nitrogens is 1. The van der Waals surface area contributed by atoms with Gasteiger partial charge in [-0.3, -0.25) is 9.59 Å². The molecule has 3 rings (SSSR count). The highest BCUT2D eigenvalue weighted by Gasteiger charge is 2.18. The highest BCUT2D eigenvalue weighted by molar-refractivity contribution is 6.08. The molecule has 0 atom stereocenters. The summed E-state index contributed by atoms with van der Waals surface area (Å²) in [5.41, 5.74) is 18.2. The Balaban J connectivity index is 2.00. The molecule has 7 N–H and O–H groups in total. The van der Waals surface area contributed by atoms with Crippen molar-refractivity contribution in [3.8, 4) is 11.5 Å². The summed E-state index contributed by atoms with van der Waals surface area (Å²) < 4.78 is 5.75.